The highest BCUT2D eigenvalue weighted by Gasteiger charge is 2.35. The Balaban J connectivity index is 3.22. The third-order valence-corrected chi connectivity index (χ3v) is 2.52. The van der Waals surface area contributed by atoms with E-state index >= 15 is 0 Å². The molecule has 0 aliphatic rings. The number of nitrogens with zero attached hydrogens (tertiary/aromatic N) is 1. The molecule has 0 amide bonds. The summed E-state index contributed by atoms with van der Waals surface area (Å²) in [6.07, 6.45) is -2.79. The molecule has 0 aromatic carbocycles. The van der Waals surface area contributed by atoms with Crippen LogP contribution in [0.5, 0.6) is 0 Å². The summed E-state index contributed by atoms with van der Waals surface area (Å²) in [6.45, 7) is 0. The van der Waals surface area contributed by atoms with E-state index in [1.165, 1.54) is 12.3 Å². The standard InChI is InChI=1S/C9H7BrF3NO/c10-4-6(5-15)8-7(9(11,12)13)2-1-3-14-8/h1-3,5-6H,4H2. The van der Waals surface area contributed by atoms with Crippen LogP contribution < -0.4 is 0 Å². The second kappa shape index (κ2) is 4.74. The minimum absolute atomic E-state index is 0.122. The molecule has 0 saturated carbocycles. The molecule has 0 bridgehead atoms. The van der Waals surface area contributed by atoms with Gasteiger partial charge in [0.1, 0.15) is 6.29 Å². The third kappa shape index (κ3) is 2.77. The van der Waals surface area contributed by atoms with E-state index < -0.39 is 17.7 Å². The minimum atomic E-state index is -4.48. The zero-order valence-corrected chi connectivity index (χ0v) is 9.05. The van der Waals surface area contributed by atoms with E-state index in [1.807, 2.05) is 0 Å². The van der Waals surface area contributed by atoms with Crippen molar-refractivity contribution in [1.82, 2.24) is 4.98 Å². The lowest BCUT2D eigenvalue weighted by atomic mass is 10.0. The summed E-state index contributed by atoms with van der Waals surface area (Å²) in [5.41, 5.74) is -1.10. The van der Waals surface area contributed by atoms with E-state index in [-0.39, 0.29) is 11.0 Å². The van der Waals surface area contributed by atoms with Crippen LogP contribution in [0.4, 0.5) is 13.2 Å². The number of carbonyl (C=O) groups excluding carboxylic acids is 1. The van der Waals surface area contributed by atoms with Gasteiger partial charge in [-0.25, -0.2) is 0 Å². The van der Waals surface area contributed by atoms with Crippen LogP contribution in [0.3, 0.4) is 0 Å². The molecule has 1 unspecified atom stereocenters. The van der Waals surface area contributed by atoms with E-state index in [1.54, 1.807) is 0 Å². The number of alkyl halides is 4. The van der Waals surface area contributed by atoms with E-state index in [9.17, 15) is 18.0 Å². The van der Waals surface area contributed by atoms with Gasteiger partial charge in [-0.15, -0.1) is 0 Å². The summed E-state index contributed by atoms with van der Waals surface area (Å²) in [5, 5.41) is 0.122. The summed E-state index contributed by atoms with van der Waals surface area (Å²) in [5.74, 6) is -0.872. The van der Waals surface area contributed by atoms with E-state index in [0.717, 1.165) is 6.07 Å². The summed E-state index contributed by atoms with van der Waals surface area (Å²) in [7, 11) is 0. The number of pyridine rings is 1. The fourth-order valence-corrected chi connectivity index (χ4v) is 1.59. The highest BCUT2D eigenvalue weighted by atomic mass is 79.9. The van der Waals surface area contributed by atoms with Gasteiger partial charge < -0.3 is 4.79 Å². The number of hydrogen-bond acceptors (Lipinski definition) is 2. The highest BCUT2D eigenvalue weighted by molar-refractivity contribution is 9.09. The molecule has 0 spiro atoms. The second-order valence-corrected chi connectivity index (χ2v) is 3.48. The summed E-state index contributed by atoms with van der Waals surface area (Å²) >= 11 is 2.98. The van der Waals surface area contributed by atoms with Crippen molar-refractivity contribution in [2.75, 3.05) is 5.33 Å². The van der Waals surface area contributed by atoms with Gasteiger partial charge in [-0.3, -0.25) is 4.98 Å². The Morgan fingerprint density at radius 2 is 2.20 bits per heavy atom. The molecule has 0 N–H and O–H groups in total. The Labute approximate surface area is 92.6 Å². The summed E-state index contributed by atoms with van der Waals surface area (Å²) in [6, 6.07) is 2.11. The molecule has 1 atom stereocenters. The van der Waals surface area contributed by atoms with E-state index in [2.05, 4.69) is 20.9 Å². The van der Waals surface area contributed by atoms with Gasteiger partial charge in [-0.1, -0.05) is 15.9 Å². The number of hydrogen-bond donors (Lipinski definition) is 0. The maximum atomic E-state index is 12.5. The van der Waals surface area contributed by atoms with Crippen molar-refractivity contribution < 1.29 is 18.0 Å². The van der Waals surface area contributed by atoms with E-state index in [0.29, 0.717) is 6.29 Å². The third-order valence-electron chi connectivity index (χ3n) is 1.83. The van der Waals surface area contributed by atoms with Gasteiger partial charge in [0.05, 0.1) is 17.2 Å². The van der Waals surface area contributed by atoms with Crippen LogP contribution >= 0.6 is 15.9 Å². The van der Waals surface area contributed by atoms with Crippen molar-refractivity contribution in [3.63, 3.8) is 0 Å². The quantitative estimate of drug-likeness (QED) is 0.630. The Bertz CT molecular complexity index is 353. The lowest BCUT2D eigenvalue weighted by molar-refractivity contribution is -0.138. The van der Waals surface area contributed by atoms with Crippen LogP contribution in [0.2, 0.25) is 0 Å². The Morgan fingerprint density at radius 1 is 1.53 bits per heavy atom. The average molecular weight is 282 g/mol. The fraction of sp³-hybridized carbons (Fsp3) is 0.333. The number of aromatic nitrogens is 1. The van der Waals surface area contributed by atoms with Crippen LogP contribution in [0.25, 0.3) is 0 Å². The van der Waals surface area contributed by atoms with Gasteiger partial charge in [0.15, 0.2) is 0 Å². The molecule has 2 nitrogen and oxygen atoms in total. The lowest BCUT2D eigenvalue weighted by Crippen LogP contribution is -2.15. The summed E-state index contributed by atoms with van der Waals surface area (Å²) < 4.78 is 37.5. The topological polar surface area (TPSA) is 30.0 Å². The van der Waals surface area contributed by atoms with Gasteiger partial charge in [0.2, 0.25) is 0 Å². The first-order valence-electron chi connectivity index (χ1n) is 4.04. The molecule has 0 radical (unpaired) electrons. The van der Waals surface area contributed by atoms with Gasteiger partial charge >= 0.3 is 6.18 Å². The van der Waals surface area contributed by atoms with Crippen molar-refractivity contribution in [2.24, 2.45) is 0 Å². The van der Waals surface area contributed by atoms with Gasteiger partial charge in [-0.2, -0.15) is 13.2 Å². The fourth-order valence-electron chi connectivity index (χ4n) is 1.13. The maximum absolute atomic E-state index is 12.5. The van der Waals surface area contributed by atoms with Crippen molar-refractivity contribution in [1.29, 1.82) is 0 Å². The minimum Gasteiger partial charge on any atom is -0.303 e. The number of halogens is 4. The van der Waals surface area contributed by atoms with Crippen LogP contribution in [-0.4, -0.2) is 16.6 Å². The van der Waals surface area contributed by atoms with Crippen molar-refractivity contribution >= 4 is 22.2 Å². The molecule has 0 fully saturated rings. The molecular weight excluding hydrogens is 275 g/mol. The predicted molar refractivity (Wildman–Crippen MR) is 51.8 cm³/mol. The average Bonchev–Trinajstić information content (AvgIpc) is 2.19. The lowest BCUT2D eigenvalue weighted by Gasteiger charge is -2.14. The molecular formula is C9H7BrF3NO. The largest absolute Gasteiger partial charge is 0.418 e. The predicted octanol–water partition coefficient (Wildman–Crippen LogP) is 2.78. The van der Waals surface area contributed by atoms with Crippen LogP contribution in [0.1, 0.15) is 17.2 Å². The molecule has 15 heavy (non-hydrogen) atoms. The SMILES string of the molecule is O=CC(CBr)c1ncccc1C(F)(F)F. The second-order valence-electron chi connectivity index (χ2n) is 2.83. The molecule has 0 aliphatic carbocycles. The number of aldehydes is 1. The molecule has 1 rings (SSSR count). The Hall–Kier alpha value is -0.910. The zero-order chi connectivity index (χ0) is 11.5. The molecule has 1 aromatic heterocycles. The Morgan fingerprint density at radius 3 is 2.67 bits per heavy atom. The van der Waals surface area contributed by atoms with Gasteiger partial charge in [-0.05, 0) is 12.1 Å². The first-order chi connectivity index (χ1) is 7.00. The van der Waals surface area contributed by atoms with Crippen molar-refractivity contribution in [3.8, 4) is 0 Å². The molecule has 82 valence electrons. The van der Waals surface area contributed by atoms with E-state index in [4.69, 9.17) is 0 Å². The number of rotatable bonds is 3. The number of carbonyl (C=O) groups is 1. The summed E-state index contributed by atoms with van der Waals surface area (Å²) in [4.78, 5) is 14.2. The molecule has 1 aromatic rings. The van der Waals surface area contributed by atoms with Crippen LogP contribution in [0, 0.1) is 0 Å². The maximum Gasteiger partial charge on any atom is 0.418 e. The normalized spacial score (nSPS) is 13.6. The smallest absolute Gasteiger partial charge is 0.303 e. The van der Waals surface area contributed by atoms with Crippen LogP contribution in [-0.2, 0) is 11.0 Å². The molecule has 0 saturated heterocycles. The molecule has 0 aliphatic heterocycles. The van der Waals surface area contributed by atoms with Gasteiger partial charge in [0, 0.05) is 11.5 Å². The van der Waals surface area contributed by atoms with Crippen molar-refractivity contribution in [3.05, 3.63) is 29.6 Å². The first kappa shape index (κ1) is 12.2. The van der Waals surface area contributed by atoms with Crippen LogP contribution in [0.15, 0.2) is 18.3 Å². The monoisotopic (exact) mass is 281 g/mol. The Kier molecular flexibility index (Phi) is 3.84. The molecule has 1 heterocycles. The van der Waals surface area contributed by atoms with Gasteiger partial charge in [0.25, 0.3) is 0 Å². The zero-order valence-electron chi connectivity index (χ0n) is 7.46. The first-order valence-corrected chi connectivity index (χ1v) is 5.16. The highest BCUT2D eigenvalue weighted by Crippen LogP contribution is 2.33. The van der Waals surface area contributed by atoms with Crippen molar-refractivity contribution in [2.45, 2.75) is 12.1 Å². The molecule has 6 heteroatoms.